The lowest BCUT2D eigenvalue weighted by Crippen LogP contribution is -2.36. The normalized spacial score (nSPS) is 15.6. The number of rotatable bonds is 21. The molecule has 2 aliphatic carbocycles. The number of aromatic carboxylic acids is 1. The van der Waals surface area contributed by atoms with Crippen molar-refractivity contribution in [1.29, 1.82) is 0 Å². The van der Waals surface area contributed by atoms with Crippen molar-refractivity contribution in [2.75, 3.05) is 62.1 Å². The second kappa shape index (κ2) is 31.3. The molecule has 2 saturated heterocycles. The van der Waals surface area contributed by atoms with E-state index in [2.05, 4.69) is 30.9 Å². The summed E-state index contributed by atoms with van der Waals surface area (Å²) in [5.74, 6) is 5.92. The first-order valence-electron chi connectivity index (χ1n) is 34.1. The predicted molar refractivity (Wildman–Crippen MR) is 387 cm³/mol. The molecule has 2 saturated carbocycles. The number of carbonyl (C=O) groups excluding carboxylic acids is 3. The zero-order chi connectivity index (χ0) is 72.4. The molecule has 536 valence electrons. The first-order valence-corrected chi connectivity index (χ1v) is 34.1. The Kier molecular flexibility index (Phi) is 21.6. The summed E-state index contributed by atoms with van der Waals surface area (Å²) in [4.78, 5) is 70.6. The van der Waals surface area contributed by atoms with Crippen molar-refractivity contribution in [3.05, 3.63) is 181 Å². The Hall–Kier alpha value is -11.9. The van der Waals surface area contributed by atoms with Gasteiger partial charge in [0.15, 0.2) is 22.9 Å². The smallest absolute Gasteiger partial charge is 0.410 e. The number of hydrogen-bond acceptors (Lipinski definition) is 21. The van der Waals surface area contributed by atoms with E-state index in [4.69, 9.17) is 58.8 Å². The molecule has 4 aliphatic rings. The lowest BCUT2D eigenvalue weighted by Gasteiger charge is -2.24. The van der Waals surface area contributed by atoms with Crippen LogP contribution in [0.2, 0.25) is 0 Å². The van der Waals surface area contributed by atoms with E-state index in [0.717, 1.165) is 54.1 Å². The van der Waals surface area contributed by atoms with Crippen LogP contribution >= 0.6 is 0 Å². The van der Waals surface area contributed by atoms with Crippen molar-refractivity contribution < 1.29 is 62.2 Å². The van der Waals surface area contributed by atoms with Crippen LogP contribution < -0.4 is 50.1 Å². The van der Waals surface area contributed by atoms with Gasteiger partial charge in [-0.25, -0.2) is 43.7 Å². The number of carboxylic acid groups (broad SMARTS) is 1. The van der Waals surface area contributed by atoms with Crippen LogP contribution in [-0.2, 0) is 22.6 Å². The number of aromatic nitrogens is 8. The molecule has 2 aliphatic heterocycles. The lowest BCUT2D eigenvalue weighted by atomic mass is 10.2. The molecule has 0 spiro atoms. The number of likely N-dealkylation sites (tertiary alicyclic amines) is 2. The topological polar surface area (TPSA) is 318 Å². The Balaban J connectivity index is 0.000000171. The summed E-state index contributed by atoms with van der Waals surface area (Å²) >= 11 is 0. The number of carboxylic acids is 1. The lowest BCUT2D eigenvalue weighted by molar-refractivity contribution is 0.0283. The Morgan fingerprint density at radius 2 is 0.922 bits per heavy atom. The van der Waals surface area contributed by atoms with Crippen LogP contribution in [0.5, 0.6) is 46.0 Å². The maximum atomic E-state index is 13.0. The maximum absolute atomic E-state index is 13.0. The van der Waals surface area contributed by atoms with Gasteiger partial charge in [0.1, 0.15) is 79.6 Å². The molecular formula is C76H84N14O13. The average Bonchev–Trinajstić information content (AvgIpc) is 1.63. The highest BCUT2D eigenvalue weighted by Crippen LogP contribution is 2.39. The van der Waals surface area contributed by atoms with E-state index in [9.17, 15) is 24.3 Å². The van der Waals surface area contributed by atoms with Crippen LogP contribution in [0.15, 0.2) is 158 Å². The number of carbonyl (C=O) groups is 4. The first-order chi connectivity index (χ1) is 49.5. The molecule has 4 aromatic carbocycles. The molecule has 14 rings (SSSR count). The molecule has 8 heterocycles. The zero-order valence-electron chi connectivity index (χ0n) is 58.7. The van der Waals surface area contributed by atoms with Gasteiger partial charge in [0.05, 0.1) is 45.1 Å². The Labute approximate surface area is 595 Å². The van der Waals surface area contributed by atoms with Crippen molar-refractivity contribution in [3.8, 4) is 46.0 Å². The van der Waals surface area contributed by atoms with Gasteiger partial charge in [-0.2, -0.15) is 10.2 Å². The second-order valence-electron chi connectivity index (χ2n) is 27.3. The number of amides is 3. The number of nitrogens with one attached hydrogen (secondary N) is 3. The quantitative estimate of drug-likeness (QED) is 0.0446. The number of benzene rings is 4. The molecule has 6 N–H and O–H groups in total. The average molecular weight is 1400 g/mol. The highest BCUT2D eigenvalue weighted by Gasteiger charge is 2.34. The number of hydrogen-bond donors (Lipinski definition) is 5. The van der Waals surface area contributed by atoms with Crippen LogP contribution in [0.25, 0.3) is 22.1 Å². The minimum Gasteiger partial charge on any atom is -0.497 e. The van der Waals surface area contributed by atoms with Crippen LogP contribution in [0.4, 0.5) is 32.9 Å². The molecule has 2 atom stereocenters. The van der Waals surface area contributed by atoms with E-state index in [0.29, 0.717) is 125 Å². The minimum absolute atomic E-state index is 0.0574. The summed E-state index contributed by atoms with van der Waals surface area (Å²) in [5, 5.41) is 30.3. The van der Waals surface area contributed by atoms with Crippen LogP contribution in [0, 0.1) is 0 Å². The van der Waals surface area contributed by atoms with E-state index in [1.54, 1.807) is 120 Å². The Bertz CT molecular complexity index is 4610. The van der Waals surface area contributed by atoms with E-state index < -0.39 is 17.2 Å². The molecule has 27 heteroatoms. The zero-order valence-corrected chi connectivity index (χ0v) is 58.7. The van der Waals surface area contributed by atoms with Crippen molar-refractivity contribution in [2.24, 2.45) is 0 Å². The largest absolute Gasteiger partial charge is 0.497 e. The van der Waals surface area contributed by atoms with E-state index in [1.807, 2.05) is 101 Å². The van der Waals surface area contributed by atoms with Crippen molar-refractivity contribution in [3.63, 3.8) is 0 Å². The number of nitrogens with two attached hydrogens (primary N) is 1. The molecule has 103 heavy (non-hydrogen) atoms. The Morgan fingerprint density at radius 3 is 1.34 bits per heavy atom. The van der Waals surface area contributed by atoms with Crippen LogP contribution in [0.3, 0.4) is 0 Å². The highest BCUT2D eigenvalue weighted by atomic mass is 16.6. The molecule has 27 nitrogen and oxygen atoms in total. The van der Waals surface area contributed by atoms with Crippen molar-refractivity contribution >= 4 is 69.4 Å². The third kappa shape index (κ3) is 19.4. The van der Waals surface area contributed by atoms with Gasteiger partial charge in [-0.1, -0.05) is 24.3 Å². The number of ether oxygens (including phenoxy) is 8. The number of nitrogen functional groups attached to an aromatic ring is 1. The van der Waals surface area contributed by atoms with Gasteiger partial charge in [0.25, 0.3) is 5.91 Å². The van der Waals surface area contributed by atoms with Gasteiger partial charge >= 0.3 is 18.2 Å². The van der Waals surface area contributed by atoms with E-state index in [-0.39, 0.29) is 41.8 Å². The standard InChI is InChI=1S/C38H41N7O6.C30H33N5O6.C8H10N2O/c1-38(2,3)51-37(47)44-20-17-26(23-44)41-34-33-31(16-19-40-35(33)45(43-34)22-24-5-9-27(48-4)10-6-24)50-29-11-7-25(8-12-29)36(46)42-32-21-30(15-18-39-32)49-28-13-14-28;1-30(2,3)41-29(38)34-16-14-21(18-34)32-26-25-24(40-23-11-7-20(8-12-23)28(36)37)13-15-31-27(25)35(33-26)17-19-5-9-22(39-4)10-6-19;9-8-5-7(3-4-10-8)11-6-1-2-6/h5-12,15-16,18-19,21,26,28H,13-14,17,20,22-23H2,1-4H3,(H,41,43)(H,39,42,46);5-13,15,21H,14,16-18H2,1-4H3,(H,32,33)(H,36,37);3-6H,1-2H2,(H2,9,10)/t26-;21-;/m11./s1. The van der Waals surface area contributed by atoms with Gasteiger partial charge in [-0.15, -0.1) is 0 Å². The summed E-state index contributed by atoms with van der Waals surface area (Å²) in [6.45, 7) is 14.1. The summed E-state index contributed by atoms with van der Waals surface area (Å²) < 4.78 is 49.3. The second-order valence-corrected chi connectivity index (χ2v) is 27.3. The van der Waals surface area contributed by atoms with Gasteiger partial charge in [0.2, 0.25) is 0 Å². The Morgan fingerprint density at radius 1 is 0.505 bits per heavy atom. The monoisotopic (exact) mass is 1400 g/mol. The summed E-state index contributed by atoms with van der Waals surface area (Å²) in [6, 6.07) is 39.1. The SMILES string of the molecule is COc1ccc(Cn2nc(N[C@@H]3CCN(C(=O)OC(C)(C)C)C3)c3c(Oc4ccc(C(=O)Nc5cc(OC6CC6)ccn5)cc4)ccnc32)cc1.COc1ccc(Cn2nc(N[C@@H]3CCN(C(=O)OC(C)(C)C)C3)c3c(Oc4ccc(C(=O)O)cc4)ccnc32)cc1.Nc1cc(OC2CC2)ccn1. The fourth-order valence-electron chi connectivity index (χ4n) is 11.3. The van der Waals surface area contributed by atoms with Gasteiger partial charge in [-0.05, 0) is 176 Å². The number of anilines is 4. The molecule has 4 fully saturated rings. The minimum atomic E-state index is -1.01. The van der Waals surface area contributed by atoms with E-state index >= 15 is 0 Å². The molecule has 0 unspecified atom stereocenters. The molecule has 0 radical (unpaired) electrons. The number of pyridine rings is 4. The summed E-state index contributed by atoms with van der Waals surface area (Å²) in [5.41, 5.74) is 8.20. The predicted octanol–water partition coefficient (Wildman–Crippen LogP) is 13.5. The van der Waals surface area contributed by atoms with Gasteiger partial charge < -0.3 is 74.5 Å². The molecule has 6 aromatic heterocycles. The summed E-state index contributed by atoms with van der Waals surface area (Å²) in [7, 11) is 3.26. The van der Waals surface area contributed by atoms with Crippen LogP contribution in [0.1, 0.15) is 112 Å². The van der Waals surface area contributed by atoms with Crippen molar-refractivity contribution in [1.82, 2.24) is 49.3 Å². The third-order valence-electron chi connectivity index (χ3n) is 16.6. The number of methoxy groups -OCH3 is 2. The number of nitrogens with zero attached hydrogens (tertiary/aromatic N) is 10. The summed E-state index contributed by atoms with van der Waals surface area (Å²) in [6.07, 6.45) is 12.5. The first kappa shape index (κ1) is 70.9. The number of fused-ring (bicyclic) bond motifs is 2. The van der Waals surface area contributed by atoms with Crippen molar-refractivity contribution in [2.45, 2.75) is 129 Å². The van der Waals surface area contributed by atoms with Gasteiger partial charge in [-0.3, -0.25) is 4.79 Å². The highest BCUT2D eigenvalue weighted by molar-refractivity contribution is 6.04. The third-order valence-corrected chi connectivity index (χ3v) is 16.6. The fourth-order valence-corrected chi connectivity index (χ4v) is 11.3. The van der Waals surface area contributed by atoms with E-state index in [1.165, 1.54) is 25.0 Å². The fraction of sp³-hybridized carbons (Fsp3) is 0.342. The molecule has 0 bridgehead atoms. The molecule has 3 amide bonds. The van der Waals surface area contributed by atoms with Crippen LogP contribution in [-0.4, -0.2) is 154 Å². The maximum Gasteiger partial charge on any atom is 0.410 e. The molecular weight excluding hydrogens is 1320 g/mol. The van der Waals surface area contributed by atoms with Gasteiger partial charge in [0, 0.05) is 92.9 Å². The molecule has 10 aromatic rings.